The number of phenolic OH excluding ortho intramolecular Hbond substituents is 1. The van der Waals surface area contributed by atoms with Gasteiger partial charge in [0.1, 0.15) is 18.1 Å². The molecule has 132 valence electrons. The van der Waals surface area contributed by atoms with Gasteiger partial charge in [0, 0.05) is 17.7 Å². The molecule has 0 aliphatic rings. The first-order valence-corrected chi connectivity index (χ1v) is 8.57. The van der Waals surface area contributed by atoms with E-state index < -0.39 is 0 Å². The summed E-state index contributed by atoms with van der Waals surface area (Å²) >= 11 is 0. The van der Waals surface area contributed by atoms with Gasteiger partial charge in [0.2, 0.25) is 0 Å². The Kier molecular flexibility index (Phi) is 6.01. The fraction of sp³-hybridized carbons (Fsp3) is 0.136. The molecule has 2 N–H and O–H groups in total. The highest BCUT2D eigenvalue weighted by Crippen LogP contribution is 2.21. The molecule has 26 heavy (non-hydrogen) atoms. The van der Waals surface area contributed by atoms with Crippen LogP contribution in [0.4, 0.5) is 5.69 Å². The average molecular weight is 346 g/mol. The molecule has 0 aromatic heterocycles. The Labute approximate surface area is 153 Å². The summed E-state index contributed by atoms with van der Waals surface area (Å²) in [6.07, 6.45) is 0. The van der Waals surface area contributed by atoms with Crippen molar-refractivity contribution in [1.29, 1.82) is 0 Å². The van der Waals surface area contributed by atoms with E-state index in [1.54, 1.807) is 12.1 Å². The molecule has 4 nitrogen and oxygen atoms in total. The third-order valence-corrected chi connectivity index (χ3v) is 3.89. The van der Waals surface area contributed by atoms with Gasteiger partial charge in [0.25, 0.3) is 0 Å². The molecule has 0 saturated carbocycles. The smallest absolute Gasteiger partial charge is 0.119 e. The fourth-order valence-electron chi connectivity index (χ4n) is 2.53. The van der Waals surface area contributed by atoms with Crippen LogP contribution in [0.25, 0.3) is 0 Å². The van der Waals surface area contributed by atoms with Gasteiger partial charge in [-0.3, -0.25) is 0 Å². The van der Waals surface area contributed by atoms with E-state index in [1.807, 2.05) is 73.8 Å². The standard InChI is InChI=1S/C22H22N2O2/c1-23-15-16-26-21-13-9-18(10-14-21)22(17-7-11-20(25)12-8-17)24-19-5-3-2-4-6-19/h2-14,23,25H,15-16H2,1H3/b24-22-. The Bertz CT molecular complexity index is 842. The fourth-order valence-corrected chi connectivity index (χ4v) is 2.53. The zero-order valence-corrected chi connectivity index (χ0v) is 14.7. The Balaban J connectivity index is 1.93. The van der Waals surface area contributed by atoms with Gasteiger partial charge in [-0.05, 0) is 67.7 Å². The van der Waals surface area contributed by atoms with Crippen molar-refractivity contribution in [3.05, 3.63) is 90.0 Å². The van der Waals surface area contributed by atoms with Crippen LogP contribution < -0.4 is 10.1 Å². The molecule has 0 aliphatic carbocycles. The molecular formula is C22H22N2O2. The molecule has 0 aliphatic heterocycles. The van der Waals surface area contributed by atoms with Crippen molar-refractivity contribution in [3.8, 4) is 11.5 Å². The summed E-state index contributed by atoms with van der Waals surface area (Å²) in [5.74, 6) is 1.06. The first-order valence-electron chi connectivity index (χ1n) is 8.57. The van der Waals surface area contributed by atoms with Gasteiger partial charge in [-0.2, -0.15) is 0 Å². The topological polar surface area (TPSA) is 53.8 Å². The van der Waals surface area contributed by atoms with Crippen molar-refractivity contribution >= 4 is 11.4 Å². The second-order valence-corrected chi connectivity index (χ2v) is 5.82. The summed E-state index contributed by atoms with van der Waals surface area (Å²) < 4.78 is 5.69. The summed E-state index contributed by atoms with van der Waals surface area (Å²) in [7, 11) is 1.90. The largest absolute Gasteiger partial charge is 0.508 e. The van der Waals surface area contributed by atoms with Crippen molar-refractivity contribution in [2.45, 2.75) is 0 Å². The van der Waals surface area contributed by atoms with E-state index in [1.165, 1.54) is 0 Å². The lowest BCUT2D eigenvalue weighted by Crippen LogP contribution is -2.15. The number of aromatic hydroxyl groups is 1. The number of hydrogen-bond donors (Lipinski definition) is 2. The van der Waals surface area contributed by atoms with Crippen LogP contribution in [0, 0.1) is 0 Å². The van der Waals surface area contributed by atoms with Crippen LogP contribution in [-0.2, 0) is 0 Å². The predicted molar refractivity (Wildman–Crippen MR) is 106 cm³/mol. The Morgan fingerprint density at radius 1 is 0.885 bits per heavy atom. The number of nitrogens with one attached hydrogen (secondary N) is 1. The third kappa shape index (κ3) is 4.71. The normalized spacial score (nSPS) is 11.3. The number of phenols is 1. The van der Waals surface area contributed by atoms with E-state index in [4.69, 9.17) is 9.73 Å². The molecule has 0 atom stereocenters. The second-order valence-electron chi connectivity index (χ2n) is 5.82. The highest BCUT2D eigenvalue weighted by Gasteiger charge is 2.08. The lowest BCUT2D eigenvalue weighted by atomic mass is 10.0. The zero-order chi connectivity index (χ0) is 18.2. The maximum absolute atomic E-state index is 9.58. The minimum absolute atomic E-state index is 0.237. The molecule has 0 amide bonds. The number of aliphatic imine (C=N–C) groups is 1. The van der Waals surface area contributed by atoms with Crippen molar-refractivity contribution in [3.63, 3.8) is 0 Å². The minimum atomic E-state index is 0.237. The molecule has 3 aromatic carbocycles. The first-order chi connectivity index (χ1) is 12.8. The zero-order valence-electron chi connectivity index (χ0n) is 14.7. The Morgan fingerprint density at radius 3 is 2.12 bits per heavy atom. The van der Waals surface area contributed by atoms with E-state index in [9.17, 15) is 5.11 Å². The van der Waals surface area contributed by atoms with Gasteiger partial charge in [-0.15, -0.1) is 0 Å². The third-order valence-electron chi connectivity index (χ3n) is 3.89. The highest BCUT2D eigenvalue weighted by atomic mass is 16.5. The SMILES string of the molecule is CNCCOc1ccc(/C(=N\c2ccccc2)c2ccc(O)cc2)cc1. The number of hydrogen-bond acceptors (Lipinski definition) is 4. The lowest BCUT2D eigenvalue weighted by molar-refractivity contribution is 0.318. The number of nitrogens with zero attached hydrogens (tertiary/aromatic N) is 1. The first kappa shape index (κ1) is 17.7. The molecule has 0 fully saturated rings. The quantitative estimate of drug-likeness (QED) is 0.499. The maximum atomic E-state index is 9.58. The number of rotatable bonds is 7. The molecule has 0 heterocycles. The van der Waals surface area contributed by atoms with Crippen molar-refractivity contribution in [2.75, 3.05) is 20.2 Å². The van der Waals surface area contributed by atoms with E-state index in [0.717, 1.165) is 34.8 Å². The summed E-state index contributed by atoms with van der Waals surface area (Å²) in [4.78, 5) is 4.82. The van der Waals surface area contributed by atoms with Crippen LogP contribution in [0.1, 0.15) is 11.1 Å². The van der Waals surface area contributed by atoms with E-state index in [0.29, 0.717) is 6.61 Å². The van der Waals surface area contributed by atoms with Gasteiger partial charge in [-0.1, -0.05) is 18.2 Å². The number of ether oxygens (including phenoxy) is 1. The van der Waals surface area contributed by atoms with E-state index >= 15 is 0 Å². The van der Waals surface area contributed by atoms with Crippen molar-refractivity contribution in [2.24, 2.45) is 4.99 Å². The number of para-hydroxylation sites is 1. The molecular weight excluding hydrogens is 324 g/mol. The lowest BCUT2D eigenvalue weighted by Gasteiger charge is -2.10. The molecule has 3 rings (SSSR count). The van der Waals surface area contributed by atoms with Gasteiger partial charge in [0.15, 0.2) is 0 Å². The highest BCUT2D eigenvalue weighted by molar-refractivity contribution is 6.14. The van der Waals surface area contributed by atoms with Gasteiger partial charge < -0.3 is 15.2 Å². The average Bonchev–Trinajstić information content (AvgIpc) is 2.69. The molecule has 0 radical (unpaired) electrons. The predicted octanol–water partition coefficient (Wildman–Crippen LogP) is 4.16. The molecule has 0 bridgehead atoms. The van der Waals surface area contributed by atoms with Crippen molar-refractivity contribution < 1.29 is 9.84 Å². The molecule has 0 saturated heterocycles. The van der Waals surface area contributed by atoms with E-state index in [2.05, 4.69) is 5.32 Å². The summed E-state index contributed by atoms with van der Waals surface area (Å²) in [5.41, 5.74) is 3.65. The van der Waals surface area contributed by atoms with Crippen LogP contribution >= 0.6 is 0 Å². The summed E-state index contributed by atoms with van der Waals surface area (Å²) in [6.45, 7) is 1.43. The number of benzene rings is 3. The van der Waals surface area contributed by atoms with Gasteiger partial charge in [0.05, 0.1) is 11.4 Å². The number of likely N-dealkylation sites (N-methyl/N-ethyl adjacent to an activating group) is 1. The molecule has 3 aromatic rings. The minimum Gasteiger partial charge on any atom is -0.508 e. The summed E-state index contributed by atoms with van der Waals surface area (Å²) in [6, 6.07) is 24.8. The van der Waals surface area contributed by atoms with Crippen LogP contribution in [0.5, 0.6) is 11.5 Å². The van der Waals surface area contributed by atoms with Gasteiger partial charge >= 0.3 is 0 Å². The van der Waals surface area contributed by atoms with Crippen LogP contribution in [0.15, 0.2) is 83.9 Å². The second kappa shape index (κ2) is 8.83. The Hall–Kier alpha value is -3.11. The van der Waals surface area contributed by atoms with E-state index in [-0.39, 0.29) is 5.75 Å². The monoisotopic (exact) mass is 346 g/mol. The van der Waals surface area contributed by atoms with Crippen LogP contribution in [0.3, 0.4) is 0 Å². The van der Waals surface area contributed by atoms with Crippen LogP contribution in [-0.4, -0.2) is 31.0 Å². The van der Waals surface area contributed by atoms with Crippen molar-refractivity contribution in [1.82, 2.24) is 5.32 Å². The molecule has 0 spiro atoms. The Morgan fingerprint density at radius 2 is 1.50 bits per heavy atom. The van der Waals surface area contributed by atoms with Gasteiger partial charge in [-0.25, -0.2) is 4.99 Å². The molecule has 0 unspecified atom stereocenters. The molecule has 4 heteroatoms. The summed E-state index contributed by atoms with van der Waals surface area (Å²) in [5, 5.41) is 12.6. The maximum Gasteiger partial charge on any atom is 0.119 e. The van der Waals surface area contributed by atoms with Crippen LogP contribution in [0.2, 0.25) is 0 Å².